The van der Waals surface area contributed by atoms with Crippen molar-refractivity contribution in [2.75, 3.05) is 20.1 Å². The molecule has 2 aromatic heterocycles. The van der Waals surface area contributed by atoms with E-state index in [1.165, 1.54) is 37.3 Å². The van der Waals surface area contributed by atoms with Crippen LogP contribution in [0.15, 0.2) is 24.4 Å². The topological polar surface area (TPSA) is 59.2 Å². The van der Waals surface area contributed by atoms with Gasteiger partial charge in [-0.15, -0.1) is 11.3 Å². The predicted octanol–water partition coefficient (Wildman–Crippen LogP) is 2.11. The highest BCUT2D eigenvalue weighted by Crippen LogP contribution is 2.22. The van der Waals surface area contributed by atoms with Gasteiger partial charge in [0.1, 0.15) is 4.83 Å². The molecule has 1 aliphatic heterocycles. The third-order valence-electron chi connectivity index (χ3n) is 2.87. The van der Waals surface area contributed by atoms with Gasteiger partial charge in [-0.05, 0) is 45.1 Å². The van der Waals surface area contributed by atoms with Gasteiger partial charge in [-0.25, -0.2) is 4.98 Å². The van der Waals surface area contributed by atoms with Crippen LogP contribution in [0.2, 0.25) is 0 Å². The zero-order valence-electron chi connectivity index (χ0n) is 10.4. The molecule has 4 nitrogen and oxygen atoms in total. The number of carbonyl (C=O) groups is 1. The quantitative estimate of drug-likeness (QED) is 0.857. The van der Waals surface area contributed by atoms with Crippen LogP contribution < -0.4 is 5.73 Å². The summed E-state index contributed by atoms with van der Waals surface area (Å²) < 4.78 is 0. The van der Waals surface area contributed by atoms with Crippen molar-refractivity contribution in [3.05, 3.63) is 29.3 Å². The first-order valence-electron chi connectivity index (χ1n) is 6.00. The maximum atomic E-state index is 10.8. The van der Waals surface area contributed by atoms with E-state index in [2.05, 4.69) is 16.9 Å². The molecule has 0 spiro atoms. The number of rotatable bonds is 1. The van der Waals surface area contributed by atoms with Crippen molar-refractivity contribution < 1.29 is 4.79 Å². The normalized spacial score (nSPS) is 15.4. The molecule has 1 saturated heterocycles. The number of amides is 1. The molecule has 0 aliphatic carbocycles. The highest BCUT2D eigenvalue weighted by molar-refractivity contribution is 7.20. The van der Waals surface area contributed by atoms with Gasteiger partial charge < -0.3 is 10.6 Å². The van der Waals surface area contributed by atoms with E-state index < -0.39 is 5.91 Å². The van der Waals surface area contributed by atoms with Crippen molar-refractivity contribution in [3.63, 3.8) is 0 Å². The highest BCUT2D eigenvalue weighted by atomic mass is 32.1. The van der Waals surface area contributed by atoms with E-state index in [9.17, 15) is 4.79 Å². The van der Waals surface area contributed by atoms with Crippen molar-refractivity contribution in [1.82, 2.24) is 9.88 Å². The van der Waals surface area contributed by atoms with Crippen LogP contribution in [0.5, 0.6) is 0 Å². The smallest absolute Gasteiger partial charge is 0.258 e. The van der Waals surface area contributed by atoms with Crippen molar-refractivity contribution in [2.45, 2.75) is 12.8 Å². The molecular weight excluding hydrogens is 246 g/mol. The van der Waals surface area contributed by atoms with Crippen LogP contribution in [0.4, 0.5) is 0 Å². The lowest BCUT2D eigenvalue weighted by Gasteiger charge is -2.01. The molecule has 1 fully saturated rings. The van der Waals surface area contributed by atoms with Crippen LogP contribution in [-0.4, -0.2) is 35.9 Å². The molecule has 96 valence electrons. The Kier molecular flexibility index (Phi) is 4.28. The molecule has 0 unspecified atom stereocenters. The summed E-state index contributed by atoms with van der Waals surface area (Å²) in [7, 11) is 2.17. The first-order valence-corrected chi connectivity index (χ1v) is 6.81. The fraction of sp³-hybridized carbons (Fsp3) is 0.385. The lowest BCUT2D eigenvalue weighted by molar-refractivity contribution is 0.100. The molecule has 1 aliphatic rings. The van der Waals surface area contributed by atoms with Crippen LogP contribution in [0.3, 0.4) is 0 Å². The largest absolute Gasteiger partial charge is 0.365 e. The van der Waals surface area contributed by atoms with Crippen molar-refractivity contribution in [3.8, 4) is 0 Å². The fourth-order valence-electron chi connectivity index (χ4n) is 1.87. The highest BCUT2D eigenvalue weighted by Gasteiger charge is 2.05. The first-order chi connectivity index (χ1) is 8.66. The Morgan fingerprint density at radius 1 is 1.44 bits per heavy atom. The minimum absolute atomic E-state index is 0.391. The number of likely N-dealkylation sites (tertiary alicyclic amines) is 1. The van der Waals surface area contributed by atoms with Gasteiger partial charge in [0.25, 0.3) is 5.91 Å². The minimum Gasteiger partial charge on any atom is -0.365 e. The zero-order chi connectivity index (χ0) is 13.0. The van der Waals surface area contributed by atoms with Crippen LogP contribution in [0, 0.1) is 0 Å². The number of aromatic nitrogens is 1. The van der Waals surface area contributed by atoms with Gasteiger partial charge in [-0.2, -0.15) is 0 Å². The second kappa shape index (κ2) is 5.93. The van der Waals surface area contributed by atoms with Gasteiger partial charge in [0.05, 0.1) is 4.88 Å². The molecule has 0 saturated carbocycles. The maximum absolute atomic E-state index is 10.8. The van der Waals surface area contributed by atoms with E-state index in [0.29, 0.717) is 4.88 Å². The van der Waals surface area contributed by atoms with E-state index in [4.69, 9.17) is 5.73 Å². The van der Waals surface area contributed by atoms with Crippen LogP contribution in [0.25, 0.3) is 10.2 Å². The molecule has 2 N–H and O–H groups in total. The molecule has 3 rings (SSSR count). The molecule has 3 heterocycles. The summed E-state index contributed by atoms with van der Waals surface area (Å²) in [5, 5.41) is 0.969. The minimum atomic E-state index is -0.391. The summed E-state index contributed by atoms with van der Waals surface area (Å²) >= 11 is 1.32. The monoisotopic (exact) mass is 263 g/mol. The summed E-state index contributed by atoms with van der Waals surface area (Å²) in [5.41, 5.74) is 5.12. The molecule has 2 aromatic rings. The Labute approximate surface area is 110 Å². The number of primary amides is 1. The van der Waals surface area contributed by atoms with Crippen molar-refractivity contribution in [2.24, 2.45) is 5.73 Å². The summed E-state index contributed by atoms with van der Waals surface area (Å²) in [6, 6.07) is 5.50. The Balaban J connectivity index is 0.000000169. The van der Waals surface area contributed by atoms with Gasteiger partial charge in [-0.1, -0.05) is 6.07 Å². The van der Waals surface area contributed by atoms with Gasteiger partial charge in [-0.3, -0.25) is 4.79 Å². The number of fused-ring (bicyclic) bond motifs is 1. The number of nitrogens with zero attached hydrogens (tertiary/aromatic N) is 2. The van der Waals surface area contributed by atoms with Gasteiger partial charge >= 0.3 is 0 Å². The number of nitrogens with two attached hydrogens (primary N) is 1. The summed E-state index contributed by atoms with van der Waals surface area (Å²) in [4.78, 5) is 18.6. The van der Waals surface area contributed by atoms with E-state index in [1.54, 1.807) is 12.3 Å². The molecule has 1 amide bonds. The van der Waals surface area contributed by atoms with Crippen LogP contribution in [-0.2, 0) is 0 Å². The van der Waals surface area contributed by atoms with Crippen LogP contribution >= 0.6 is 11.3 Å². The standard InChI is InChI=1S/C8H6N2OS.C5H11N/c9-7(11)6-4-5-2-1-3-10-8(5)12-6;1-6-4-2-3-5-6/h1-4H,(H2,9,11);2-5H2,1H3. The first kappa shape index (κ1) is 13.0. The molecule has 18 heavy (non-hydrogen) atoms. The number of hydrogen-bond donors (Lipinski definition) is 1. The fourth-order valence-corrected chi connectivity index (χ4v) is 2.72. The summed E-state index contributed by atoms with van der Waals surface area (Å²) in [6.45, 7) is 2.64. The number of pyridine rings is 1. The summed E-state index contributed by atoms with van der Waals surface area (Å²) in [6.07, 6.45) is 4.52. The second-order valence-electron chi connectivity index (χ2n) is 4.38. The molecular formula is C13H17N3OS. The van der Waals surface area contributed by atoms with Crippen LogP contribution in [0.1, 0.15) is 22.5 Å². The number of carbonyl (C=O) groups excluding carboxylic acids is 1. The lowest BCUT2D eigenvalue weighted by Crippen LogP contribution is -2.10. The van der Waals surface area contributed by atoms with E-state index in [1.807, 2.05) is 12.1 Å². The zero-order valence-corrected chi connectivity index (χ0v) is 11.2. The molecule has 0 aromatic carbocycles. The molecule has 0 radical (unpaired) electrons. The van der Waals surface area contributed by atoms with Crippen molar-refractivity contribution >= 4 is 27.5 Å². The predicted molar refractivity (Wildman–Crippen MR) is 74.9 cm³/mol. The van der Waals surface area contributed by atoms with E-state index >= 15 is 0 Å². The number of thiophene rings is 1. The second-order valence-corrected chi connectivity index (χ2v) is 5.41. The van der Waals surface area contributed by atoms with E-state index in [-0.39, 0.29) is 0 Å². The summed E-state index contributed by atoms with van der Waals surface area (Å²) in [5.74, 6) is -0.391. The molecule has 5 heteroatoms. The third-order valence-corrected chi connectivity index (χ3v) is 3.94. The van der Waals surface area contributed by atoms with E-state index in [0.717, 1.165) is 10.2 Å². The maximum Gasteiger partial charge on any atom is 0.258 e. The average Bonchev–Trinajstić information content (AvgIpc) is 2.97. The Hall–Kier alpha value is -1.46. The molecule has 0 atom stereocenters. The Bertz CT molecular complexity index is 499. The molecule has 0 bridgehead atoms. The van der Waals surface area contributed by atoms with Crippen molar-refractivity contribution in [1.29, 1.82) is 0 Å². The average molecular weight is 263 g/mol. The van der Waals surface area contributed by atoms with Gasteiger partial charge in [0.2, 0.25) is 0 Å². The third kappa shape index (κ3) is 3.27. The SMILES string of the molecule is CN1CCCC1.NC(=O)c1cc2cccnc2s1. The van der Waals surface area contributed by atoms with Gasteiger partial charge in [0, 0.05) is 11.6 Å². The lowest BCUT2D eigenvalue weighted by atomic mass is 10.3. The van der Waals surface area contributed by atoms with Gasteiger partial charge in [0.15, 0.2) is 0 Å². The Morgan fingerprint density at radius 3 is 2.67 bits per heavy atom. The number of hydrogen-bond acceptors (Lipinski definition) is 4. The Morgan fingerprint density at radius 2 is 2.17 bits per heavy atom.